The first-order valence-corrected chi connectivity index (χ1v) is 37.2. The highest BCUT2D eigenvalue weighted by molar-refractivity contribution is 7.47. The number of carbonyl (C=O) groups excluding carboxylic acids is 4. The molecule has 17 nitrogen and oxygen atoms in total. The van der Waals surface area contributed by atoms with Crippen LogP contribution in [0.4, 0.5) is 0 Å². The number of phosphoric ester groups is 2. The predicted octanol–water partition coefficient (Wildman–Crippen LogP) is 18.1. The van der Waals surface area contributed by atoms with Crippen LogP contribution in [0.2, 0.25) is 0 Å². The lowest BCUT2D eigenvalue weighted by molar-refractivity contribution is -0.161. The number of phosphoric acid groups is 2. The van der Waals surface area contributed by atoms with Crippen LogP contribution in [0.15, 0.2) is 0 Å². The van der Waals surface area contributed by atoms with Gasteiger partial charge in [0.2, 0.25) is 0 Å². The molecular weight excluding hydrogens is 1130 g/mol. The first-order chi connectivity index (χ1) is 40.6. The van der Waals surface area contributed by atoms with Crippen LogP contribution in [0.1, 0.15) is 319 Å². The van der Waals surface area contributed by atoms with Crippen LogP contribution >= 0.6 is 15.6 Å². The highest BCUT2D eigenvalue weighted by Gasteiger charge is 2.30. The summed E-state index contributed by atoms with van der Waals surface area (Å²) in [6, 6.07) is 0. The monoisotopic (exact) mass is 1250 g/mol. The first-order valence-electron chi connectivity index (χ1n) is 34.2. The van der Waals surface area contributed by atoms with E-state index in [2.05, 4.69) is 55.4 Å². The van der Waals surface area contributed by atoms with Crippen LogP contribution in [0, 0.1) is 23.7 Å². The van der Waals surface area contributed by atoms with Gasteiger partial charge < -0.3 is 33.8 Å². The van der Waals surface area contributed by atoms with Crippen LogP contribution in [0.5, 0.6) is 0 Å². The Morgan fingerprint density at radius 3 is 0.835 bits per heavy atom. The van der Waals surface area contributed by atoms with Crippen LogP contribution in [-0.2, 0) is 65.4 Å². The Balaban J connectivity index is 5.25. The van der Waals surface area contributed by atoms with Crippen molar-refractivity contribution in [3.63, 3.8) is 0 Å². The van der Waals surface area contributed by atoms with Crippen LogP contribution < -0.4 is 0 Å². The molecule has 0 aliphatic carbocycles. The molecule has 4 unspecified atom stereocenters. The number of aliphatic hydroxyl groups excluding tert-OH is 1. The average Bonchev–Trinajstić information content (AvgIpc) is 3.47. The summed E-state index contributed by atoms with van der Waals surface area (Å²) >= 11 is 0. The van der Waals surface area contributed by atoms with E-state index in [0.29, 0.717) is 37.5 Å². The summed E-state index contributed by atoms with van der Waals surface area (Å²) in [6.07, 6.45) is 36.4. The van der Waals surface area contributed by atoms with Crippen molar-refractivity contribution in [1.29, 1.82) is 0 Å². The van der Waals surface area contributed by atoms with E-state index in [0.717, 1.165) is 108 Å². The number of hydrogen-bond acceptors (Lipinski definition) is 15. The van der Waals surface area contributed by atoms with Crippen molar-refractivity contribution in [2.75, 3.05) is 39.6 Å². The molecule has 0 rings (SSSR count). The normalized spacial score (nSPS) is 14.7. The Kier molecular flexibility index (Phi) is 54.8. The van der Waals surface area contributed by atoms with Crippen LogP contribution in [0.25, 0.3) is 0 Å². The molecule has 0 aliphatic heterocycles. The molecule has 0 radical (unpaired) electrons. The van der Waals surface area contributed by atoms with Gasteiger partial charge in [-0.15, -0.1) is 0 Å². The minimum absolute atomic E-state index is 0.101. The smallest absolute Gasteiger partial charge is 0.462 e. The van der Waals surface area contributed by atoms with Crippen LogP contribution in [0.3, 0.4) is 0 Å². The SMILES string of the molecule is CCC(C)CCCCCCCCCCC(=O)OC[C@H](COP(=O)(O)OCC(O)COP(=O)(O)OC[C@@H](COC(=O)CCCCCCCCCC(C)C)OC(=O)CCCCCCCCC(C)C)OC(=O)CCCCCCCCCCCCCC(C)C. The minimum Gasteiger partial charge on any atom is -0.462 e. The van der Waals surface area contributed by atoms with Gasteiger partial charge in [-0.3, -0.25) is 37.3 Å². The van der Waals surface area contributed by atoms with E-state index in [1.54, 1.807) is 0 Å². The number of esters is 4. The Morgan fingerprint density at radius 1 is 0.329 bits per heavy atom. The second-order valence-corrected chi connectivity index (χ2v) is 28.4. The Hall–Kier alpha value is -1.94. The molecule has 0 spiro atoms. The summed E-state index contributed by atoms with van der Waals surface area (Å²) < 4.78 is 68.1. The van der Waals surface area contributed by atoms with Gasteiger partial charge in [0.1, 0.15) is 19.3 Å². The predicted molar refractivity (Wildman–Crippen MR) is 340 cm³/mol. The van der Waals surface area contributed by atoms with Gasteiger partial charge in [-0.2, -0.15) is 0 Å². The summed E-state index contributed by atoms with van der Waals surface area (Å²) in [7, 11) is -9.89. The van der Waals surface area contributed by atoms with Crippen molar-refractivity contribution in [3.05, 3.63) is 0 Å². The first kappa shape index (κ1) is 83.1. The van der Waals surface area contributed by atoms with Gasteiger partial charge in [-0.1, -0.05) is 267 Å². The molecule has 3 N–H and O–H groups in total. The third-order valence-electron chi connectivity index (χ3n) is 15.4. The number of aliphatic hydroxyl groups is 1. The fourth-order valence-electron chi connectivity index (χ4n) is 9.75. The van der Waals surface area contributed by atoms with E-state index in [1.807, 2.05) is 0 Å². The number of ether oxygens (including phenoxy) is 4. The summed E-state index contributed by atoms with van der Waals surface area (Å²) in [5.74, 6) is 0.777. The topological polar surface area (TPSA) is 237 Å². The van der Waals surface area contributed by atoms with Crippen molar-refractivity contribution in [2.24, 2.45) is 23.7 Å². The molecule has 0 fully saturated rings. The molecule has 0 aromatic carbocycles. The third kappa shape index (κ3) is 59.5. The third-order valence-corrected chi connectivity index (χ3v) is 17.3. The molecule has 19 heteroatoms. The quantitative estimate of drug-likeness (QED) is 0.0222. The maximum Gasteiger partial charge on any atom is 0.472 e. The maximum atomic E-state index is 13.0. The van der Waals surface area contributed by atoms with Crippen molar-refractivity contribution in [2.45, 2.75) is 337 Å². The Bertz CT molecular complexity index is 1700. The van der Waals surface area contributed by atoms with Gasteiger partial charge in [0.15, 0.2) is 12.2 Å². The lowest BCUT2D eigenvalue weighted by Gasteiger charge is -2.21. The van der Waals surface area contributed by atoms with E-state index in [-0.39, 0.29) is 25.7 Å². The minimum atomic E-state index is -4.95. The van der Waals surface area contributed by atoms with Crippen molar-refractivity contribution in [3.8, 4) is 0 Å². The molecular formula is C66H128O17P2. The van der Waals surface area contributed by atoms with Gasteiger partial charge in [-0.25, -0.2) is 9.13 Å². The zero-order valence-corrected chi connectivity index (χ0v) is 57.0. The summed E-state index contributed by atoms with van der Waals surface area (Å²) in [5, 5.41) is 10.5. The van der Waals surface area contributed by atoms with Gasteiger partial charge in [0, 0.05) is 25.7 Å². The molecule has 0 bridgehead atoms. The van der Waals surface area contributed by atoms with Gasteiger partial charge in [0.05, 0.1) is 26.4 Å². The molecule has 85 heavy (non-hydrogen) atoms. The number of carbonyl (C=O) groups is 4. The Labute approximate surface area is 517 Å². The molecule has 0 saturated carbocycles. The highest BCUT2D eigenvalue weighted by atomic mass is 31.2. The lowest BCUT2D eigenvalue weighted by atomic mass is 9.99. The van der Waals surface area contributed by atoms with Gasteiger partial charge in [0.25, 0.3) is 0 Å². The zero-order valence-electron chi connectivity index (χ0n) is 55.2. The molecule has 0 heterocycles. The summed E-state index contributed by atoms with van der Waals surface area (Å²) in [6.45, 7) is 14.0. The highest BCUT2D eigenvalue weighted by Crippen LogP contribution is 2.45. The second-order valence-electron chi connectivity index (χ2n) is 25.5. The van der Waals surface area contributed by atoms with Crippen molar-refractivity contribution < 1.29 is 80.2 Å². The molecule has 0 aliphatic rings. The van der Waals surface area contributed by atoms with Gasteiger partial charge >= 0.3 is 39.5 Å². The molecule has 0 amide bonds. The second kappa shape index (κ2) is 56.1. The van der Waals surface area contributed by atoms with E-state index in [9.17, 15) is 43.2 Å². The van der Waals surface area contributed by atoms with Crippen molar-refractivity contribution >= 4 is 39.5 Å². The number of unbranched alkanes of at least 4 members (excludes halogenated alkanes) is 28. The van der Waals surface area contributed by atoms with Crippen LogP contribution in [-0.4, -0.2) is 96.7 Å². The number of rotatable bonds is 63. The van der Waals surface area contributed by atoms with E-state index in [4.69, 9.17) is 37.0 Å². The standard InChI is InChI=1S/C66H128O17P2/c1-9-59(8)45-37-29-20-15-16-21-30-38-46-63(68)76-52-61(82-65(70)48-40-32-22-14-12-10-11-13-18-26-34-42-56(2)3)54-80-84(72,73)78-50-60(67)51-79-85(74,75)81-55-62(83-66(71)49-41-33-25-24-28-36-44-58(6)7)53-77-64(69)47-39-31-23-17-19-27-35-43-57(4)5/h56-62,67H,9-55H2,1-8H3,(H,72,73)(H,74,75)/t59?,60?,61-,62-/m1/s1. The maximum absolute atomic E-state index is 13.0. The lowest BCUT2D eigenvalue weighted by Crippen LogP contribution is -2.30. The molecule has 0 aromatic heterocycles. The van der Waals surface area contributed by atoms with E-state index in [1.165, 1.54) is 116 Å². The Morgan fingerprint density at radius 2 is 0.565 bits per heavy atom. The van der Waals surface area contributed by atoms with Gasteiger partial charge in [-0.05, 0) is 49.4 Å². The largest absolute Gasteiger partial charge is 0.472 e. The van der Waals surface area contributed by atoms with E-state index < -0.39 is 97.5 Å². The number of hydrogen-bond donors (Lipinski definition) is 3. The summed E-state index contributed by atoms with van der Waals surface area (Å²) in [4.78, 5) is 72.3. The fraction of sp³-hybridized carbons (Fsp3) is 0.939. The van der Waals surface area contributed by atoms with Crippen molar-refractivity contribution in [1.82, 2.24) is 0 Å². The summed E-state index contributed by atoms with van der Waals surface area (Å²) in [5.41, 5.74) is 0. The average molecular weight is 1260 g/mol. The zero-order chi connectivity index (χ0) is 63.2. The fourth-order valence-corrected chi connectivity index (χ4v) is 11.3. The molecule has 6 atom stereocenters. The molecule has 0 aromatic rings. The molecule has 504 valence electrons. The molecule has 0 saturated heterocycles. The van der Waals surface area contributed by atoms with E-state index >= 15 is 0 Å².